The molecule has 0 heterocycles. The first kappa shape index (κ1) is 31.0. The molecule has 32 heavy (non-hydrogen) atoms. The minimum Gasteiger partial charge on any atom is -0.481 e. The molecule has 0 aliphatic carbocycles. The SMILES string of the molecule is CCCCCCCCCCCCCCCCCCNC(=O)OCC(O)CSCCC(=O)O. The lowest BCUT2D eigenvalue weighted by Crippen LogP contribution is -2.29. The van der Waals surface area contributed by atoms with Crippen molar-refractivity contribution in [3.63, 3.8) is 0 Å². The fourth-order valence-electron chi connectivity index (χ4n) is 3.51. The van der Waals surface area contributed by atoms with Crippen molar-refractivity contribution in [2.75, 3.05) is 24.7 Å². The zero-order chi connectivity index (χ0) is 23.7. The van der Waals surface area contributed by atoms with Crippen LogP contribution in [0.2, 0.25) is 0 Å². The standard InChI is InChI=1S/C25H49NO5S/c1-2-3-4-5-6-7-8-9-10-11-12-13-14-15-16-17-19-26-25(30)31-21-23(27)22-32-20-18-24(28)29/h23,27H,2-22H2,1H3,(H,26,30)(H,28,29). The molecule has 0 aromatic heterocycles. The molecule has 0 spiro atoms. The Hall–Kier alpha value is -0.950. The van der Waals surface area contributed by atoms with Crippen LogP contribution in [-0.4, -0.2) is 53.0 Å². The van der Waals surface area contributed by atoms with E-state index in [0.717, 1.165) is 12.8 Å². The lowest BCUT2D eigenvalue weighted by atomic mass is 10.0. The molecule has 1 unspecified atom stereocenters. The summed E-state index contributed by atoms with van der Waals surface area (Å²) in [4.78, 5) is 22.0. The van der Waals surface area contributed by atoms with Gasteiger partial charge in [-0.3, -0.25) is 4.79 Å². The molecule has 0 bridgehead atoms. The minimum atomic E-state index is -0.850. The minimum absolute atomic E-state index is 0.0646. The van der Waals surface area contributed by atoms with Crippen LogP contribution in [0.5, 0.6) is 0 Å². The number of carboxylic acids is 1. The molecule has 0 fully saturated rings. The van der Waals surface area contributed by atoms with Gasteiger partial charge in [0.15, 0.2) is 0 Å². The van der Waals surface area contributed by atoms with E-state index < -0.39 is 18.2 Å². The third-order valence-corrected chi connectivity index (χ3v) is 6.59. The van der Waals surface area contributed by atoms with E-state index in [4.69, 9.17) is 9.84 Å². The summed E-state index contributed by atoms with van der Waals surface area (Å²) >= 11 is 1.34. The van der Waals surface area contributed by atoms with Crippen LogP contribution in [0.4, 0.5) is 4.79 Å². The van der Waals surface area contributed by atoms with Gasteiger partial charge in [0.05, 0.1) is 12.5 Å². The monoisotopic (exact) mass is 475 g/mol. The summed E-state index contributed by atoms with van der Waals surface area (Å²) in [6.45, 7) is 2.80. The Morgan fingerprint density at radius 3 is 1.75 bits per heavy atom. The highest BCUT2D eigenvalue weighted by atomic mass is 32.2. The van der Waals surface area contributed by atoms with E-state index >= 15 is 0 Å². The van der Waals surface area contributed by atoms with Gasteiger partial charge in [0.1, 0.15) is 6.61 Å². The van der Waals surface area contributed by atoms with Crippen LogP contribution >= 0.6 is 11.8 Å². The van der Waals surface area contributed by atoms with Crippen molar-refractivity contribution in [3.8, 4) is 0 Å². The fraction of sp³-hybridized carbons (Fsp3) is 0.920. The Morgan fingerprint density at radius 1 is 0.812 bits per heavy atom. The first-order chi connectivity index (χ1) is 15.6. The molecular formula is C25H49NO5S. The van der Waals surface area contributed by atoms with E-state index in [-0.39, 0.29) is 13.0 Å². The second kappa shape index (κ2) is 24.7. The number of amides is 1. The van der Waals surface area contributed by atoms with E-state index in [2.05, 4.69) is 12.2 Å². The second-order valence-corrected chi connectivity index (χ2v) is 9.85. The normalized spacial score (nSPS) is 11.9. The van der Waals surface area contributed by atoms with Crippen LogP contribution in [-0.2, 0) is 9.53 Å². The average molecular weight is 476 g/mol. The Kier molecular flexibility index (Phi) is 24.0. The Morgan fingerprint density at radius 2 is 1.28 bits per heavy atom. The van der Waals surface area contributed by atoms with Crippen LogP contribution < -0.4 is 5.32 Å². The van der Waals surface area contributed by atoms with E-state index in [1.165, 1.54) is 102 Å². The number of hydrogen-bond donors (Lipinski definition) is 3. The van der Waals surface area contributed by atoms with Crippen LogP contribution in [0, 0.1) is 0 Å². The maximum absolute atomic E-state index is 11.6. The zero-order valence-corrected chi connectivity index (χ0v) is 21.3. The maximum Gasteiger partial charge on any atom is 0.407 e. The first-order valence-electron chi connectivity index (χ1n) is 12.9. The number of aliphatic hydroxyl groups is 1. The van der Waals surface area contributed by atoms with Crippen LogP contribution in [0.15, 0.2) is 0 Å². The molecule has 0 aromatic rings. The number of alkyl carbamates (subject to hydrolysis) is 1. The number of carboxylic acid groups (broad SMARTS) is 1. The summed E-state index contributed by atoms with van der Waals surface area (Å²) in [5.41, 5.74) is 0. The van der Waals surface area contributed by atoms with Crippen molar-refractivity contribution in [1.29, 1.82) is 0 Å². The lowest BCUT2D eigenvalue weighted by Gasteiger charge is -2.11. The quantitative estimate of drug-likeness (QED) is 0.137. The molecule has 0 aromatic carbocycles. The van der Waals surface area contributed by atoms with Crippen molar-refractivity contribution >= 4 is 23.8 Å². The number of thioether (sulfide) groups is 1. The Balaban J connectivity index is 3.24. The van der Waals surface area contributed by atoms with Crippen molar-refractivity contribution < 1.29 is 24.5 Å². The zero-order valence-electron chi connectivity index (χ0n) is 20.5. The molecule has 3 N–H and O–H groups in total. The van der Waals surface area contributed by atoms with E-state index in [1.807, 2.05) is 0 Å². The third-order valence-electron chi connectivity index (χ3n) is 5.48. The smallest absolute Gasteiger partial charge is 0.407 e. The van der Waals surface area contributed by atoms with Gasteiger partial charge in [-0.05, 0) is 6.42 Å². The van der Waals surface area contributed by atoms with Gasteiger partial charge in [0.2, 0.25) is 0 Å². The van der Waals surface area contributed by atoms with E-state index in [0.29, 0.717) is 18.1 Å². The Labute approximate surface area is 200 Å². The number of unbranched alkanes of at least 4 members (excludes halogenated alkanes) is 15. The summed E-state index contributed by atoms with van der Waals surface area (Å²) in [5, 5.41) is 21.0. The van der Waals surface area contributed by atoms with Crippen LogP contribution in [0.1, 0.15) is 116 Å². The molecule has 0 aliphatic heterocycles. The molecule has 0 saturated carbocycles. The maximum atomic E-state index is 11.6. The predicted molar refractivity (Wildman–Crippen MR) is 134 cm³/mol. The summed E-state index contributed by atoms with van der Waals surface area (Å²) in [6, 6.07) is 0. The van der Waals surface area contributed by atoms with Gasteiger partial charge in [-0.1, -0.05) is 103 Å². The first-order valence-corrected chi connectivity index (χ1v) is 14.1. The molecule has 190 valence electrons. The van der Waals surface area contributed by atoms with E-state index in [9.17, 15) is 14.7 Å². The number of ether oxygens (including phenoxy) is 1. The fourth-order valence-corrected chi connectivity index (χ4v) is 4.37. The van der Waals surface area contributed by atoms with Gasteiger partial charge in [-0.15, -0.1) is 0 Å². The number of hydrogen-bond acceptors (Lipinski definition) is 5. The molecule has 1 atom stereocenters. The van der Waals surface area contributed by atoms with Gasteiger partial charge >= 0.3 is 12.1 Å². The largest absolute Gasteiger partial charge is 0.481 e. The van der Waals surface area contributed by atoms with Crippen LogP contribution in [0.3, 0.4) is 0 Å². The van der Waals surface area contributed by atoms with E-state index in [1.54, 1.807) is 0 Å². The molecule has 1 amide bonds. The molecule has 0 saturated heterocycles. The predicted octanol–water partition coefficient (Wildman–Crippen LogP) is 6.54. The van der Waals surface area contributed by atoms with Gasteiger partial charge in [0.25, 0.3) is 0 Å². The van der Waals surface area contributed by atoms with Crippen LogP contribution in [0.25, 0.3) is 0 Å². The van der Waals surface area contributed by atoms with Crippen molar-refractivity contribution in [2.24, 2.45) is 0 Å². The van der Waals surface area contributed by atoms with Gasteiger partial charge < -0.3 is 20.3 Å². The number of aliphatic hydroxyl groups excluding tert-OH is 1. The molecular weight excluding hydrogens is 426 g/mol. The molecule has 7 heteroatoms. The Bertz CT molecular complexity index is 437. The third kappa shape index (κ3) is 25.3. The summed E-state index contributed by atoms with van der Waals surface area (Å²) in [6.07, 6.45) is 20.0. The number of carbonyl (C=O) groups excluding carboxylic acids is 1. The highest BCUT2D eigenvalue weighted by molar-refractivity contribution is 7.99. The highest BCUT2D eigenvalue weighted by Gasteiger charge is 2.09. The van der Waals surface area contributed by atoms with Crippen molar-refractivity contribution in [2.45, 2.75) is 122 Å². The second-order valence-electron chi connectivity index (χ2n) is 8.70. The average Bonchev–Trinajstić information content (AvgIpc) is 2.77. The molecule has 6 nitrogen and oxygen atoms in total. The number of carbonyl (C=O) groups is 2. The van der Waals surface area contributed by atoms with Crippen molar-refractivity contribution in [3.05, 3.63) is 0 Å². The number of aliphatic carboxylic acids is 1. The molecule has 0 aliphatic rings. The number of nitrogens with one attached hydrogen (secondary N) is 1. The van der Waals surface area contributed by atoms with Gasteiger partial charge in [-0.25, -0.2) is 4.79 Å². The lowest BCUT2D eigenvalue weighted by molar-refractivity contribution is -0.136. The van der Waals surface area contributed by atoms with Crippen molar-refractivity contribution in [1.82, 2.24) is 5.32 Å². The topological polar surface area (TPSA) is 95.9 Å². The highest BCUT2D eigenvalue weighted by Crippen LogP contribution is 2.13. The number of rotatable bonds is 24. The summed E-state index contributed by atoms with van der Waals surface area (Å²) in [7, 11) is 0. The molecule has 0 rings (SSSR count). The van der Waals surface area contributed by atoms with Gasteiger partial charge in [0, 0.05) is 18.1 Å². The van der Waals surface area contributed by atoms with Gasteiger partial charge in [-0.2, -0.15) is 11.8 Å². The molecule has 0 radical (unpaired) electrons. The summed E-state index contributed by atoms with van der Waals surface area (Å²) in [5.74, 6) is -0.0472. The summed E-state index contributed by atoms with van der Waals surface area (Å²) < 4.78 is 4.98.